The van der Waals surface area contributed by atoms with E-state index in [0.29, 0.717) is 47.7 Å². The number of carbonyl (C=O) groups is 1. The number of ether oxygens (including phenoxy) is 2. The first-order chi connectivity index (χ1) is 21.0. The van der Waals surface area contributed by atoms with E-state index < -0.39 is 6.10 Å². The zero-order chi connectivity index (χ0) is 30.0. The van der Waals surface area contributed by atoms with Crippen molar-refractivity contribution in [2.24, 2.45) is 0 Å². The number of aliphatic hydroxyl groups excluding tert-OH is 1. The molecule has 1 aliphatic heterocycles. The minimum atomic E-state index is -1.07. The predicted octanol–water partition coefficient (Wildman–Crippen LogP) is 6.10. The van der Waals surface area contributed by atoms with Crippen molar-refractivity contribution >= 4 is 23.4 Å². The molecule has 8 nitrogen and oxygen atoms in total. The predicted molar refractivity (Wildman–Crippen MR) is 169 cm³/mol. The van der Waals surface area contributed by atoms with Crippen molar-refractivity contribution in [3.8, 4) is 16.9 Å². The number of pyridine rings is 1. The normalized spacial score (nSPS) is 13.2. The highest BCUT2D eigenvalue weighted by Gasteiger charge is 2.19. The number of unbranched alkanes of at least 4 members (excludes halogenated alkanes) is 1. The fourth-order valence-electron chi connectivity index (χ4n) is 4.89. The lowest BCUT2D eigenvalue weighted by Gasteiger charge is -2.12. The summed E-state index contributed by atoms with van der Waals surface area (Å²) in [6.45, 7) is 4.64. The Morgan fingerprint density at radius 3 is 2.56 bits per heavy atom. The average molecular weight is 580 g/mol. The van der Waals surface area contributed by atoms with Gasteiger partial charge in [-0.1, -0.05) is 43.7 Å². The molecule has 3 aromatic carbocycles. The molecule has 0 saturated heterocycles. The van der Waals surface area contributed by atoms with Gasteiger partial charge in [0.15, 0.2) is 12.3 Å². The van der Waals surface area contributed by atoms with Gasteiger partial charge in [-0.2, -0.15) is 4.73 Å². The van der Waals surface area contributed by atoms with E-state index in [1.807, 2.05) is 36.4 Å². The molecule has 4 aromatic rings. The highest BCUT2D eigenvalue weighted by atomic mass is 16.5. The Labute approximate surface area is 252 Å². The number of carbonyl (C=O) groups excluding carboxylic acids is 1. The van der Waals surface area contributed by atoms with Crippen LogP contribution >= 0.6 is 0 Å². The molecule has 8 heteroatoms. The van der Waals surface area contributed by atoms with Gasteiger partial charge >= 0.3 is 0 Å². The topological polar surface area (TPSA) is 107 Å². The first-order valence-electron chi connectivity index (χ1n) is 14.7. The van der Waals surface area contributed by atoms with Gasteiger partial charge < -0.3 is 30.4 Å². The number of hydrogen-bond acceptors (Lipinski definition) is 6. The molecule has 0 fully saturated rings. The van der Waals surface area contributed by atoms with E-state index in [2.05, 4.69) is 29.7 Å². The molecule has 5 rings (SSSR count). The summed E-state index contributed by atoms with van der Waals surface area (Å²) in [6, 6.07) is 25.9. The molecule has 1 unspecified atom stereocenters. The third kappa shape index (κ3) is 7.80. The summed E-state index contributed by atoms with van der Waals surface area (Å²) >= 11 is 0. The lowest BCUT2D eigenvalue weighted by molar-refractivity contribution is -0.617. The molecule has 222 valence electrons. The summed E-state index contributed by atoms with van der Waals surface area (Å²) in [7, 11) is 0. The van der Waals surface area contributed by atoms with Gasteiger partial charge in [0.1, 0.15) is 12.4 Å². The lowest BCUT2D eigenvalue weighted by Crippen LogP contribution is -2.32. The summed E-state index contributed by atoms with van der Waals surface area (Å²) in [5, 5.41) is 29.0. The molecule has 3 N–H and O–H groups in total. The fourth-order valence-corrected chi connectivity index (χ4v) is 4.89. The molecule has 1 aromatic heterocycles. The minimum Gasteiger partial charge on any atom is -0.618 e. The zero-order valence-electron chi connectivity index (χ0n) is 24.3. The Hall–Kier alpha value is -4.66. The van der Waals surface area contributed by atoms with E-state index in [9.17, 15) is 15.1 Å². The first kappa shape index (κ1) is 29.8. The maximum absolute atomic E-state index is 13.2. The Morgan fingerprint density at radius 2 is 1.79 bits per heavy atom. The van der Waals surface area contributed by atoms with Gasteiger partial charge in [0.25, 0.3) is 5.91 Å². The Balaban J connectivity index is 1.23. The van der Waals surface area contributed by atoms with Crippen LogP contribution in [0.15, 0.2) is 96.7 Å². The number of nitrogens with zero attached hydrogens (tertiary/aromatic N) is 1. The van der Waals surface area contributed by atoms with Crippen LogP contribution in [0.2, 0.25) is 0 Å². The second kappa shape index (κ2) is 14.5. The van der Waals surface area contributed by atoms with E-state index in [1.165, 1.54) is 6.20 Å². The molecular formula is C35H37N3O5. The third-order valence-electron chi connectivity index (χ3n) is 7.33. The number of aromatic nitrogens is 1. The van der Waals surface area contributed by atoms with Crippen molar-refractivity contribution in [2.45, 2.75) is 32.3 Å². The maximum atomic E-state index is 13.2. The number of hydrogen-bond donors (Lipinski definition) is 3. The standard InChI is InChI=1S/C35H37N3O5/c1-2-3-20-42-21-22-43-31-14-9-25(10-15-31)27-11-16-32-29(23-27)24-28(17-18-36-32)35(40)37-30-12-7-26(8-13-30)34(39)33-6-4-5-19-38(33)41/h4-16,19,23-24,34,36,39H,2-3,17-18,20-22H2,1H3,(H,37,40). The number of benzene rings is 3. The van der Waals surface area contributed by atoms with Crippen LogP contribution in [0.25, 0.3) is 17.2 Å². The van der Waals surface area contributed by atoms with Gasteiger partial charge in [-0.3, -0.25) is 4.79 Å². The van der Waals surface area contributed by atoms with Crippen LogP contribution in [0, 0.1) is 5.21 Å². The molecule has 0 spiro atoms. The van der Waals surface area contributed by atoms with Crippen molar-refractivity contribution in [1.29, 1.82) is 0 Å². The number of amides is 1. The van der Waals surface area contributed by atoms with Crippen LogP contribution in [-0.4, -0.2) is 37.4 Å². The Bertz CT molecular complexity index is 1550. The van der Waals surface area contributed by atoms with Crippen molar-refractivity contribution in [3.63, 3.8) is 0 Å². The van der Waals surface area contributed by atoms with Crippen molar-refractivity contribution in [1.82, 2.24) is 0 Å². The molecule has 43 heavy (non-hydrogen) atoms. The van der Waals surface area contributed by atoms with Crippen molar-refractivity contribution in [2.75, 3.05) is 37.0 Å². The summed E-state index contributed by atoms with van der Waals surface area (Å²) < 4.78 is 12.0. The molecule has 0 bridgehead atoms. The van der Waals surface area contributed by atoms with Gasteiger partial charge in [-0.05, 0) is 83.6 Å². The minimum absolute atomic E-state index is 0.186. The van der Waals surface area contributed by atoms with Gasteiger partial charge in [0.05, 0.1) is 6.61 Å². The van der Waals surface area contributed by atoms with E-state index in [1.54, 1.807) is 42.5 Å². The average Bonchev–Trinajstić information content (AvgIpc) is 3.26. The second-order valence-electron chi connectivity index (χ2n) is 10.4. The zero-order valence-corrected chi connectivity index (χ0v) is 24.3. The van der Waals surface area contributed by atoms with Crippen LogP contribution in [0.4, 0.5) is 11.4 Å². The van der Waals surface area contributed by atoms with E-state index in [-0.39, 0.29) is 11.6 Å². The Kier molecular flexibility index (Phi) is 10.0. The SMILES string of the molecule is CCCCOCCOc1ccc(-c2ccc3c(c2)C=C(C(=O)Nc2ccc(C(O)c4cccc[n+]4[O-])cc2)CCN3)cc1. The van der Waals surface area contributed by atoms with Crippen molar-refractivity contribution in [3.05, 3.63) is 119 Å². The smallest absolute Gasteiger partial charge is 0.251 e. The maximum Gasteiger partial charge on any atom is 0.251 e. The second-order valence-corrected chi connectivity index (χ2v) is 10.4. The molecule has 0 aliphatic carbocycles. The summed E-state index contributed by atoms with van der Waals surface area (Å²) in [5.74, 6) is 0.615. The number of anilines is 2. The molecule has 1 amide bonds. The highest BCUT2D eigenvalue weighted by Crippen LogP contribution is 2.31. The van der Waals surface area contributed by atoms with Crippen LogP contribution in [0.5, 0.6) is 5.75 Å². The van der Waals surface area contributed by atoms with Gasteiger partial charge in [0.2, 0.25) is 5.69 Å². The Morgan fingerprint density at radius 1 is 1.00 bits per heavy atom. The highest BCUT2D eigenvalue weighted by molar-refractivity contribution is 6.07. The van der Waals surface area contributed by atoms with Gasteiger partial charge in [-0.25, -0.2) is 0 Å². The van der Waals surface area contributed by atoms with Gasteiger partial charge in [0, 0.05) is 42.2 Å². The van der Waals surface area contributed by atoms with Crippen LogP contribution in [0.1, 0.15) is 49.1 Å². The summed E-state index contributed by atoms with van der Waals surface area (Å²) in [5.41, 5.74) is 6.07. The molecular weight excluding hydrogens is 542 g/mol. The van der Waals surface area contributed by atoms with E-state index in [0.717, 1.165) is 47.6 Å². The van der Waals surface area contributed by atoms with Crippen LogP contribution < -0.4 is 20.1 Å². The fraction of sp³-hybridized carbons (Fsp3) is 0.257. The number of rotatable bonds is 12. The molecule has 1 aliphatic rings. The van der Waals surface area contributed by atoms with Crippen LogP contribution in [-0.2, 0) is 9.53 Å². The van der Waals surface area contributed by atoms with Crippen molar-refractivity contribution < 1.29 is 24.1 Å². The molecule has 2 heterocycles. The van der Waals surface area contributed by atoms with E-state index in [4.69, 9.17) is 9.47 Å². The third-order valence-corrected chi connectivity index (χ3v) is 7.33. The lowest BCUT2D eigenvalue weighted by atomic mass is 10.0. The van der Waals surface area contributed by atoms with Gasteiger partial charge in [-0.15, -0.1) is 0 Å². The largest absolute Gasteiger partial charge is 0.618 e. The molecule has 0 saturated carbocycles. The summed E-state index contributed by atoms with van der Waals surface area (Å²) in [6.07, 6.45) is 4.97. The number of fused-ring (bicyclic) bond motifs is 1. The number of nitrogens with one attached hydrogen (secondary N) is 2. The number of aliphatic hydroxyl groups is 1. The molecule has 0 radical (unpaired) electrons. The quantitative estimate of drug-likeness (QED) is 0.106. The van der Waals surface area contributed by atoms with E-state index >= 15 is 0 Å². The molecule has 1 atom stereocenters. The first-order valence-corrected chi connectivity index (χ1v) is 14.7. The summed E-state index contributed by atoms with van der Waals surface area (Å²) in [4.78, 5) is 13.2. The monoisotopic (exact) mass is 579 g/mol. The van der Waals surface area contributed by atoms with Crippen LogP contribution in [0.3, 0.4) is 0 Å².